The van der Waals surface area contributed by atoms with Gasteiger partial charge >= 0.3 is 11.9 Å². The Morgan fingerprint density at radius 2 is 1.82 bits per heavy atom. The normalized spacial score (nSPS) is 26.8. The van der Waals surface area contributed by atoms with E-state index in [2.05, 4.69) is 20.6 Å². The number of aromatic nitrogens is 2. The fraction of sp³-hybridized carbons (Fsp3) is 0.462. The number of aliphatic hydroxyl groups excluding tert-OH is 1. The summed E-state index contributed by atoms with van der Waals surface area (Å²) in [7, 11) is 0. The lowest BCUT2D eigenvalue weighted by molar-refractivity contribution is -0.180. The zero-order valence-corrected chi connectivity index (χ0v) is 21.5. The lowest BCUT2D eigenvalue weighted by Gasteiger charge is -2.33. The van der Waals surface area contributed by atoms with Gasteiger partial charge in [-0.1, -0.05) is 19.9 Å². The van der Waals surface area contributed by atoms with Crippen molar-refractivity contribution in [3.8, 4) is 5.75 Å². The lowest BCUT2D eigenvalue weighted by Crippen LogP contribution is -2.59. The largest absolute Gasteiger partial charge is 0.505 e. The number of nitrogens with one attached hydrogen (secondary N) is 2. The van der Waals surface area contributed by atoms with Crippen LogP contribution in [-0.2, 0) is 30.3 Å². The zero-order chi connectivity index (χ0) is 28.0. The number of aliphatic hydroxyl groups is 1. The van der Waals surface area contributed by atoms with Crippen molar-refractivity contribution >= 4 is 23.8 Å². The number of carbonyl (C=O) groups excluding carboxylic acids is 4. The fourth-order valence-corrected chi connectivity index (χ4v) is 3.97. The molecule has 1 unspecified atom stereocenters. The average molecular weight is 529 g/mol. The molecule has 204 valence electrons. The number of aromatic hydroxyl groups is 1. The van der Waals surface area contributed by atoms with E-state index in [1.165, 1.54) is 32.2 Å². The van der Waals surface area contributed by atoms with Crippen molar-refractivity contribution in [3.05, 3.63) is 54.1 Å². The van der Waals surface area contributed by atoms with Crippen LogP contribution in [0.1, 0.15) is 43.7 Å². The summed E-state index contributed by atoms with van der Waals surface area (Å²) in [5, 5.41) is 26.3. The highest BCUT2D eigenvalue weighted by molar-refractivity contribution is 5.98. The second kappa shape index (κ2) is 12.5. The molecule has 0 saturated carbocycles. The molecule has 12 heteroatoms. The van der Waals surface area contributed by atoms with E-state index in [1.54, 1.807) is 38.4 Å². The Labute approximate surface area is 219 Å². The van der Waals surface area contributed by atoms with Crippen LogP contribution in [0.2, 0.25) is 0 Å². The van der Waals surface area contributed by atoms with Gasteiger partial charge in [-0.3, -0.25) is 19.4 Å². The van der Waals surface area contributed by atoms with Gasteiger partial charge in [-0.25, -0.2) is 9.78 Å². The van der Waals surface area contributed by atoms with E-state index in [4.69, 9.17) is 9.47 Å². The first-order valence-corrected chi connectivity index (χ1v) is 12.2. The van der Waals surface area contributed by atoms with E-state index in [0.717, 1.165) is 0 Å². The van der Waals surface area contributed by atoms with Gasteiger partial charge in [-0.05, 0) is 44.0 Å². The Morgan fingerprint density at radius 3 is 2.45 bits per heavy atom. The molecule has 2 amide bonds. The van der Waals surface area contributed by atoms with E-state index in [0.29, 0.717) is 5.56 Å². The maximum absolute atomic E-state index is 13.5. The van der Waals surface area contributed by atoms with Gasteiger partial charge in [-0.2, -0.15) is 0 Å². The van der Waals surface area contributed by atoms with Crippen molar-refractivity contribution in [2.45, 2.75) is 64.5 Å². The summed E-state index contributed by atoms with van der Waals surface area (Å²) in [5.41, 5.74) is 0.336. The van der Waals surface area contributed by atoms with Gasteiger partial charge in [-0.15, -0.1) is 0 Å². The summed E-state index contributed by atoms with van der Waals surface area (Å²) in [6.45, 7) is 6.12. The van der Waals surface area contributed by atoms with Crippen LogP contribution in [-0.4, -0.2) is 74.3 Å². The van der Waals surface area contributed by atoms with E-state index in [1.807, 2.05) is 0 Å². The summed E-state index contributed by atoms with van der Waals surface area (Å²) in [5.74, 6) is -5.43. The van der Waals surface area contributed by atoms with Crippen LogP contribution in [0.15, 0.2) is 42.9 Å². The van der Waals surface area contributed by atoms with Gasteiger partial charge in [0, 0.05) is 24.5 Å². The van der Waals surface area contributed by atoms with Crippen LogP contribution in [0.3, 0.4) is 0 Å². The number of hydrogen-bond acceptors (Lipinski definition) is 10. The maximum Gasteiger partial charge on any atom is 0.348 e. The summed E-state index contributed by atoms with van der Waals surface area (Å²) in [4.78, 5) is 60.1. The van der Waals surface area contributed by atoms with Crippen molar-refractivity contribution in [2.75, 3.05) is 0 Å². The first kappa shape index (κ1) is 28.5. The van der Waals surface area contributed by atoms with Crippen molar-refractivity contribution in [1.82, 2.24) is 20.6 Å². The first-order valence-electron chi connectivity index (χ1n) is 12.2. The minimum absolute atomic E-state index is 0.0990. The van der Waals surface area contributed by atoms with Gasteiger partial charge in [0.05, 0.1) is 18.1 Å². The predicted molar refractivity (Wildman–Crippen MR) is 132 cm³/mol. The van der Waals surface area contributed by atoms with Crippen LogP contribution in [0.5, 0.6) is 5.75 Å². The Balaban J connectivity index is 1.99. The Kier molecular flexibility index (Phi) is 9.35. The number of hydrogen-bond donors (Lipinski definition) is 4. The van der Waals surface area contributed by atoms with Crippen LogP contribution in [0, 0.1) is 11.8 Å². The third kappa shape index (κ3) is 6.82. The number of esters is 2. The summed E-state index contributed by atoms with van der Waals surface area (Å²) < 4.78 is 10.9. The quantitative estimate of drug-likeness (QED) is 0.400. The molecule has 1 saturated heterocycles. The molecule has 3 heterocycles. The van der Waals surface area contributed by atoms with E-state index < -0.39 is 71.7 Å². The Morgan fingerprint density at radius 1 is 1.11 bits per heavy atom. The minimum Gasteiger partial charge on any atom is -0.505 e. The molecule has 0 bridgehead atoms. The molecule has 1 fully saturated rings. The molecule has 38 heavy (non-hydrogen) atoms. The second-order valence-electron chi connectivity index (χ2n) is 9.53. The van der Waals surface area contributed by atoms with Crippen molar-refractivity contribution in [2.24, 2.45) is 11.8 Å². The number of pyridine rings is 2. The molecule has 1 aliphatic heterocycles. The van der Waals surface area contributed by atoms with Gasteiger partial charge in [0.2, 0.25) is 12.0 Å². The van der Waals surface area contributed by atoms with Gasteiger partial charge in [0.15, 0.2) is 5.69 Å². The van der Waals surface area contributed by atoms with Crippen LogP contribution in [0.4, 0.5) is 0 Å². The molecular formula is C26H32N4O8. The SMILES string of the molecule is CC(C)C1OC(=O)[C@H](C)[C@H](O)[C@H](Cc2cccnc2)NC(=O)[C@@H](NC(=O)c2ncccc2O)[C@@H](C)OC1=O. The standard InChI is InChI=1S/C26H32N4O8/c1-13(2)22-26(36)37-15(4)19(30-24(34)20-18(31)8-6-10-28-20)23(33)29-17(11-16-7-5-9-27-12-16)21(32)14(3)25(35)38-22/h5-10,12-15,17,19,21-22,31-32H,11H2,1-4H3,(H,29,33)(H,30,34)/t14-,15-,17+,19+,21+,22?/m1/s1. The molecule has 12 nitrogen and oxygen atoms in total. The number of carbonyl (C=O) groups is 4. The van der Waals surface area contributed by atoms with Crippen LogP contribution in [0.25, 0.3) is 0 Å². The predicted octanol–water partition coefficient (Wildman–Crippen LogP) is 0.518. The molecule has 1 aliphatic rings. The number of cyclic esters (lactones) is 2. The monoisotopic (exact) mass is 528 g/mol. The van der Waals surface area contributed by atoms with E-state index in [-0.39, 0.29) is 12.1 Å². The van der Waals surface area contributed by atoms with Gasteiger partial charge in [0.25, 0.3) is 5.91 Å². The highest BCUT2D eigenvalue weighted by atomic mass is 16.6. The lowest BCUT2D eigenvalue weighted by atomic mass is 9.92. The molecule has 0 spiro atoms. The van der Waals surface area contributed by atoms with E-state index >= 15 is 0 Å². The van der Waals surface area contributed by atoms with Crippen LogP contribution >= 0.6 is 0 Å². The van der Waals surface area contributed by atoms with E-state index in [9.17, 15) is 29.4 Å². The highest BCUT2D eigenvalue weighted by Crippen LogP contribution is 2.20. The Hall–Kier alpha value is -4.06. The number of nitrogens with zero attached hydrogens (tertiary/aromatic N) is 2. The van der Waals surface area contributed by atoms with Crippen molar-refractivity contribution in [3.63, 3.8) is 0 Å². The maximum atomic E-state index is 13.5. The molecule has 6 atom stereocenters. The molecule has 2 aromatic heterocycles. The first-order chi connectivity index (χ1) is 18.0. The van der Waals surface area contributed by atoms with Crippen molar-refractivity contribution < 1.29 is 38.9 Å². The zero-order valence-electron chi connectivity index (χ0n) is 21.5. The molecule has 0 aromatic carbocycles. The molecule has 3 rings (SSSR count). The Bertz CT molecular complexity index is 1160. The number of amides is 2. The summed E-state index contributed by atoms with van der Waals surface area (Å²) in [6, 6.07) is 3.67. The second-order valence-corrected chi connectivity index (χ2v) is 9.53. The topological polar surface area (TPSA) is 177 Å². The number of ether oxygens (including phenoxy) is 2. The molecule has 0 aliphatic carbocycles. The number of rotatable bonds is 5. The minimum atomic E-state index is -1.45. The molecular weight excluding hydrogens is 496 g/mol. The summed E-state index contributed by atoms with van der Waals surface area (Å²) in [6.07, 6.45) is 0.562. The third-order valence-corrected chi connectivity index (χ3v) is 6.23. The average Bonchev–Trinajstić information content (AvgIpc) is 2.88. The molecule has 4 N–H and O–H groups in total. The highest BCUT2D eigenvalue weighted by Gasteiger charge is 2.40. The van der Waals surface area contributed by atoms with Crippen molar-refractivity contribution in [1.29, 1.82) is 0 Å². The van der Waals surface area contributed by atoms with Gasteiger partial charge in [0.1, 0.15) is 17.9 Å². The van der Waals surface area contributed by atoms with Crippen LogP contribution < -0.4 is 10.6 Å². The van der Waals surface area contributed by atoms with Gasteiger partial charge < -0.3 is 30.3 Å². The third-order valence-electron chi connectivity index (χ3n) is 6.23. The molecule has 2 aromatic rings. The fourth-order valence-electron chi connectivity index (χ4n) is 3.97. The molecule has 0 radical (unpaired) electrons. The summed E-state index contributed by atoms with van der Waals surface area (Å²) >= 11 is 0. The smallest absolute Gasteiger partial charge is 0.348 e.